The second kappa shape index (κ2) is 7.55. The van der Waals surface area contributed by atoms with Gasteiger partial charge in [-0.2, -0.15) is 5.10 Å². The number of carbonyl (C=O) groups is 1. The minimum Gasteiger partial charge on any atom is -0.493 e. The number of nitrogens with two attached hydrogens (primary N) is 2. The molecule has 118 valence electrons. The van der Waals surface area contributed by atoms with Crippen LogP contribution in [0.1, 0.15) is 15.9 Å². The number of guanidine groups is 1. The summed E-state index contributed by atoms with van der Waals surface area (Å²) in [6, 6.07) is 8.28. The van der Waals surface area contributed by atoms with Crippen molar-refractivity contribution < 1.29 is 19.3 Å². The molecule has 8 nitrogen and oxygen atoms in total. The number of hydrogen-bond acceptors (Lipinski definition) is 5. The first-order valence-electron chi connectivity index (χ1n) is 6.58. The number of aromatic amines is 1. The Kier molecular flexibility index (Phi) is 5.24. The van der Waals surface area contributed by atoms with Crippen LogP contribution in [0.2, 0.25) is 0 Å². The van der Waals surface area contributed by atoms with Crippen molar-refractivity contribution in [1.82, 2.24) is 0 Å². The van der Waals surface area contributed by atoms with Gasteiger partial charge in [-0.3, -0.25) is 0 Å². The minimum atomic E-state index is -0.498. The highest BCUT2D eigenvalue weighted by atomic mass is 16.6. The van der Waals surface area contributed by atoms with E-state index in [-0.39, 0.29) is 5.96 Å². The molecule has 1 aromatic carbocycles. The Labute approximate surface area is 132 Å². The molecule has 1 aromatic heterocycles. The van der Waals surface area contributed by atoms with E-state index in [1.807, 2.05) is 0 Å². The SMILES string of the molecule is COc1cc(/C=N\N=C(N)N)ccc1OC(=O)c1ccc[nH+]c1. The Balaban J connectivity index is 2.18. The van der Waals surface area contributed by atoms with Gasteiger partial charge in [-0.15, -0.1) is 5.10 Å². The van der Waals surface area contributed by atoms with Crippen LogP contribution < -0.4 is 25.9 Å². The van der Waals surface area contributed by atoms with E-state index in [4.69, 9.17) is 20.9 Å². The average Bonchev–Trinajstić information content (AvgIpc) is 2.56. The summed E-state index contributed by atoms with van der Waals surface area (Å²) in [5.74, 6) is 0.0350. The van der Waals surface area contributed by atoms with Crippen LogP contribution in [0.15, 0.2) is 52.9 Å². The summed E-state index contributed by atoms with van der Waals surface area (Å²) in [5.41, 5.74) is 11.4. The van der Waals surface area contributed by atoms with Gasteiger partial charge in [-0.05, 0) is 29.8 Å². The van der Waals surface area contributed by atoms with Gasteiger partial charge in [0.25, 0.3) is 0 Å². The van der Waals surface area contributed by atoms with Crippen molar-refractivity contribution in [3.05, 3.63) is 53.9 Å². The topological polar surface area (TPSA) is 126 Å². The van der Waals surface area contributed by atoms with Gasteiger partial charge in [-0.25, -0.2) is 9.78 Å². The van der Waals surface area contributed by atoms with Gasteiger partial charge in [0.15, 0.2) is 23.9 Å². The minimum absolute atomic E-state index is 0.140. The van der Waals surface area contributed by atoms with Crippen LogP contribution in [-0.2, 0) is 0 Å². The average molecular weight is 314 g/mol. The zero-order valence-electron chi connectivity index (χ0n) is 12.4. The van der Waals surface area contributed by atoms with Crippen LogP contribution in [0.5, 0.6) is 11.5 Å². The Morgan fingerprint density at radius 2 is 2.09 bits per heavy atom. The quantitative estimate of drug-likeness (QED) is 0.270. The fourth-order valence-electron chi connectivity index (χ4n) is 1.69. The number of benzene rings is 1. The molecule has 23 heavy (non-hydrogen) atoms. The number of nitrogens with zero attached hydrogens (tertiary/aromatic N) is 2. The number of rotatable bonds is 5. The van der Waals surface area contributed by atoms with Gasteiger partial charge < -0.3 is 20.9 Å². The molecule has 0 atom stereocenters. The maximum atomic E-state index is 12.0. The summed E-state index contributed by atoms with van der Waals surface area (Å²) in [6.45, 7) is 0. The second-order valence-electron chi connectivity index (χ2n) is 4.36. The van der Waals surface area contributed by atoms with Crippen molar-refractivity contribution in [2.24, 2.45) is 21.7 Å². The summed E-state index contributed by atoms with van der Waals surface area (Å²) in [5, 5.41) is 7.20. The lowest BCUT2D eigenvalue weighted by Crippen LogP contribution is -2.21. The number of aromatic nitrogens is 1. The second-order valence-corrected chi connectivity index (χ2v) is 4.36. The molecule has 0 amide bonds. The molecule has 8 heteroatoms. The van der Waals surface area contributed by atoms with E-state index in [9.17, 15) is 4.79 Å². The summed E-state index contributed by atoms with van der Waals surface area (Å²) >= 11 is 0. The molecule has 2 aromatic rings. The molecule has 0 aliphatic carbocycles. The van der Waals surface area contributed by atoms with E-state index < -0.39 is 5.97 Å². The zero-order valence-corrected chi connectivity index (χ0v) is 12.4. The predicted octanol–water partition coefficient (Wildman–Crippen LogP) is 0.336. The summed E-state index contributed by atoms with van der Waals surface area (Å²) < 4.78 is 10.5. The van der Waals surface area contributed by atoms with Crippen molar-refractivity contribution in [2.45, 2.75) is 0 Å². The van der Waals surface area contributed by atoms with Gasteiger partial charge in [0.1, 0.15) is 5.56 Å². The lowest BCUT2D eigenvalue weighted by atomic mass is 10.2. The largest absolute Gasteiger partial charge is 0.493 e. The van der Waals surface area contributed by atoms with E-state index in [0.717, 1.165) is 0 Å². The molecule has 2 rings (SSSR count). The third-order valence-corrected chi connectivity index (χ3v) is 2.71. The first-order valence-corrected chi connectivity index (χ1v) is 6.58. The number of pyridine rings is 1. The molecule has 1 heterocycles. The molecule has 0 bridgehead atoms. The van der Waals surface area contributed by atoms with Crippen LogP contribution in [0.25, 0.3) is 0 Å². The fraction of sp³-hybridized carbons (Fsp3) is 0.0667. The van der Waals surface area contributed by atoms with Gasteiger partial charge in [-0.1, -0.05) is 0 Å². The Bertz CT molecular complexity index is 740. The number of ether oxygens (including phenoxy) is 2. The highest BCUT2D eigenvalue weighted by Gasteiger charge is 2.14. The van der Waals surface area contributed by atoms with E-state index in [1.165, 1.54) is 13.3 Å². The van der Waals surface area contributed by atoms with Crippen LogP contribution in [0.3, 0.4) is 0 Å². The van der Waals surface area contributed by atoms with Gasteiger partial charge in [0.2, 0.25) is 5.96 Å². The third kappa shape index (κ3) is 4.53. The molecular formula is C15H16N5O3+. The van der Waals surface area contributed by atoms with Crippen molar-refractivity contribution in [2.75, 3.05) is 7.11 Å². The summed E-state index contributed by atoms with van der Waals surface area (Å²) in [7, 11) is 1.47. The number of hydrogen-bond donors (Lipinski definition) is 2. The van der Waals surface area contributed by atoms with Crippen LogP contribution in [-0.4, -0.2) is 25.3 Å². The first kappa shape index (κ1) is 16.0. The highest BCUT2D eigenvalue weighted by Crippen LogP contribution is 2.28. The molecule has 0 aliphatic rings. The van der Waals surface area contributed by atoms with E-state index >= 15 is 0 Å². The fourth-order valence-corrected chi connectivity index (χ4v) is 1.69. The summed E-state index contributed by atoms with van der Waals surface area (Å²) in [6.07, 6.45) is 4.69. The Morgan fingerprint density at radius 3 is 2.74 bits per heavy atom. The van der Waals surface area contributed by atoms with E-state index in [1.54, 1.807) is 42.7 Å². The van der Waals surface area contributed by atoms with Crippen molar-refractivity contribution in [1.29, 1.82) is 0 Å². The smallest absolute Gasteiger partial charge is 0.349 e. The molecule has 0 radical (unpaired) electrons. The van der Waals surface area contributed by atoms with Crippen molar-refractivity contribution in [3.8, 4) is 11.5 Å². The number of methoxy groups -OCH3 is 1. The molecule has 5 N–H and O–H groups in total. The first-order chi connectivity index (χ1) is 11.1. The van der Waals surface area contributed by atoms with E-state index in [0.29, 0.717) is 22.6 Å². The number of H-pyrrole nitrogens is 1. The standard InChI is InChI=1S/C15H15N5O3/c1-22-13-7-10(8-19-20-15(16)17)4-5-12(13)23-14(21)11-3-2-6-18-9-11/h2-9H,1H3,(H4,16,17,20)/p+1/b19-8-. The van der Waals surface area contributed by atoms with Gasteiger partial charge in [0, 0.05) is 6.07 Å². The molecule has 0 aliphatic heterocycles. The van der Waals surface area contributed by atoms with E-state index in [2.05, 4.69) is 15.2 Å². The third-order valence-electron chi connectivity index (χ3n) is 2.71. The maximum absolute atomic E-state index is 12.0. The van der Waals surface area contributed by atoms with Crippen LogP contribution in [0, 0.1) is 0 Å². The Hall–Kier alpha value is -3.42. The molecular weight excluding hydrogens is 298 g/mol. The molecule has 0 saturated heterocycles. The maximum Gasteiger partial charge on any atom is 0.349 e. The summed E-state index contributed by atoms with van der Waals surface area (Å²) in [4.78, 5) is 14.9. The van der Waals surface area contributed by atoms with Gasteiger partial charge >= 0.3 is 5.97 Å². The van der Waals surface area contributed by atoms with Gasteiger partial charge in [0.05, 0.1) is 13.3 Å². The molecule has 0 spiro atoms. The monoisotopic (exact) mass is 314 g/mol. The number of esters is 1. The lowest BCUT2D eigenvalue weighted by Gasteiger charge is -2.09. The van der Waals surface area contributed by atoms with Crippen LogP contribution >= 0.6 is 0 Å². The van der Waals surface area contributed by atoms with Crippen molar-refractivity contribution >= 4 is 18.1 Å². The molecule has 0 unspecified atom stereocenters. The normalized spacial score (nSPS) is 10.3. The molecule has 0 fully saturated rings. The zero-order chi connectivity index (χ0) is 16.7. The van der Waals surface area contributed by atoms with Crippen LogP contribution in [0.4, 0.5) is 0 Å². The number of nitrogens with one attached hydrogen (secondary N) is 1. The Morgan fingerprint density at radius 1 is 1.26 bits per heavy atom. The number of carbonyl (C=O) groups excluding carboxylic acids is 1. The molecule has 0 saturated carbocycles. The lowest BCUT2D eigenvalue weighted by molar-refractivity contribution is -0.378. The predicted molar refractivity (Wildman–Crippen MR) is 84.4 cm³/mol. The van der Waals surface area contributed by atoms with Crippen molar-refractivity contribution in [3.63, 3.8) is 0 Å². The highest BCUT2D eigenvalue weighted by molar-refractivity contribution is 5.91.